The summed E-state index contributed by atoms with van der Waals surface area (Å²) in [5.41, 5.74) is 0. The minimum absolute atomic E-state index is 0.705. The molecule has 0 radical (unpaired) electrons. The van der Waals surface area contributed by atoms with Gasteiger partial charge in [0.05, 0.1) is 0 Å². The highest BCUT2D eigenvalue weighted by molar-refractivity contribution is 9.41. The van der Waals surface area contributed by atoms with Crippen LogP contribution in [0, 0.1) is 0 Å². The summed E-state index contributed by atoms with van der Waals surface area (Å²) in [5.74, 6) is 0. The Hall–Kier alpha value is 0.640. The van der Waals surface area contributed by atoms with Crippen LogP contribution in [0.25, 0.3) is 0 Å². The molecule has 0 aromatic rings. The summed E-state index contributed by atoms with van der Waals surface area (Å²) in [5, 5.41) is 16.1. The Kier molecular flexibility index (Phi) is 10.6. The lowest BCUT2D eigenvalue weighted by Crippen LogP contribution is -1.88. The third-order valence-corrected chi connectivity index (χ3v) is 9.29. The van der Waals surface area contributed by atoms with Gasteiger partial charge >= 0.3 is 12.3 Å². The molecule has 0 saturated carbocycles. The van der Waals surface area contributed by atoms with E-state index >= 15 is 0 Å². The van der Waals surface area contributed by atoms with Gasteiger partial charge in [0, 0.05) is 39.3 Å². The van der Waals surface area contributed by atoms with Gasteiger partial charge in [-0.1, -0.05) is 0 Å². The molecule has 0 fully saturated rings. The monoisotopic (exact) mass is 314 g/mol. The van der Waals surface area contributed by atoms with Crippen LogP contribution in [0.1, 0.15) is 0 Å². The van der Waals surface area contributed by atoms with Gasteiger partial charge < -0.3 is 18.6 Å². The van der Waals surface area contributed by atoms with Crippen LogP contribution >= 0.6 is 61.5 Å². The zero-order valence-corrected chi connectivity index (χ0v) is 10.9. The molecule has 0 atom stereocenters. The molecule has 12 heteroatoms. The van der Waals surface area contributed by atoms with E-state index in [9.17, 15) is 9.59 Å². The average Bonchev–Trinajstić information content (AvgIpc) is 2.08. The normalized spacial score (nSPS) is 9.43. The highest BCUT2D eigenvalue weighted by Crippen LogP contribution is 2.52. The van der Waals surface area contributed by atoms with Crippen LogP contribution in [0.4, 0.5) is 9.59 Å². The molecule has 0 aliphatic carbocycles. The molecule has 0 bridgehead atoms. The minimum atomic E-state index is -1.36. The lowest BCUT2D eigenvalue weighted by molar-refractivity contribution is 0.152. The Morgan fingerprint density at radius 1 is 0.786 bits per heavy atom. The first-order chi connectivity index (χ1) is 6.63. The molecule has 0 aromatic heterocycles. The molecular formula is C2H2O6S6. The van der Waals surface area contributed by atoms with Crippen molar-refractivity contribution in [1.82, 2.24) is 0 Å². The van der Waals surface area contributed by atoms with Gasteiger partial charge in [0.2, 0.25) is 0 Å². The van der Waals surface area contributed by atoms with Crippen LogP contribution in [0.3, 0.4) is 0 Å². The summed E-state index contributed by atoms with van der Waals surface area (Å²) in [6.07, 6.45) is -2.71. The van der Waals surface area contributed by atoms with Crippen LogP contribution in [-0.4, -0.2) is 22.5 Å². The van der Waals surface area contributed by atoms with Crippen molar-refractivity contribution in [3.63, 3.8) is 0 Å². The second kappa shape index (κ2) is 10.2. The molecule has 14 heavy (non-hydrogen) atoms. The number of hydrogen-bond acceptors (Lipinski definition) is 10. The van der Waals surface area contributed by atoms with Gasteiger partial charge in [0.25, 0.3) is 0 Å². The second-order valence-electron chi connectivity index (χ2n) is 1.11. The zero-order chi connectivity index (χ0) is 10.8. The van der Waals surface area contributed by atoms with Crippen molar-refractivity contribution < 1.29 is 28.2 Å². The first kappa shape index (κ1) is 14.6. The van der Waals surface area contributed by atoms with Crippen LogP contribution in [0.5, 0.6) is 0 Å². The molecule has 6 nitrogen and oxygen atoms in total. The fourth-order valence-corrected chi connectivity index (χ4v) is 8.62. The predicted octanol–water partition coefficient (Wildman–Crippen LogP) is 4.18. The third-order valence-electron chi connectivity index (χ3n) is 0.350. The van der Waals surface area contributed by atoms with E-state index in [0.29, 0.717) is 22.1 Å². The molecule has 0 unspecified atom stereocenters. The summed E-state index contributed by atoms with van der Waals surface area (Å²) in [6.45, 7) is 0. The van der Waals surface area contributed by atoms with Crippen molar-refractivity contribution in [2.75, 3.05) is 0 Å². The van der Waals surface area contributed by atoms with E-state index in [1.54, 1.807) is 0 Å². The fourth-order valence-electron chi connectivity index (χ4n) is 0.131. The summed E-state index contributed by atoms with van der Waals surface area (Å²) < 4.78 is 8.21. The van der Waals surface area contributed by atoms with E-state index in [1.807, 2.05) is 0 Å². The van der Waals surface area contributed by atoms with E-state index in [4.69, 9.17) is 10.2 Å². The first-order valence-corrected chi connectivity index (χ1v) is 9.76. The summed E-state index contributed by atoms with van der Waals surface area (Å²) >= 11 is 1.41. The molecule has 0 aliphatic heterocycles. The highest BCUT2D eigenvalue weighted by atomic mass is 33.9. The minimum Gasteiger partial charge on any atom is -0.449 e. The maximum atomic E-state index is 9.84. The van der Waals surface area contributed by atoms with Gasteiger partial charge in [0.1, 0.15) is 22.1 Å². The smallest absolute Gasteiger partial charge is 0.449 e. The van der Waals surface area contributed by atoms with Crippen molar-refractivity contribution in [2.24, 2.45) is 0 Å². The molecule has 0 heterocycles. The maximum absolute atomic E-state index is 9.84. The van der Waals surface area contributed by atoms with Gasteiger partial charge in [-0.3, -0.25) is 0 Å². The Balaban J connectivity index is 2.99. The van der Waals surface area contributed by atoms with Crippen molar-refractivity contribution in [3.8, 4) is 0 Å². The van der Waals surface area contributed by atoms with E-state index in [1.165, 1.54) is 19.7 Å². The Bertz CT molecular complexity index is 165. The Morgan fingerprint density at radius 3 is 1.43 bits per heavy atom. The summed E-state index contributed by atoms with van der Waals surface area (Å²) in [6, 6.07) is 0. The molecule has 0 saturated heterocycles. The number of carboxylic acid groups (broad SMARTS) is 2. The van der Waals surface area contributed by atoms with Crippen molar-refractivity contribution in [3.05, 3.63) is 0 Å². The van der Waals surface area contributed by atoms with Crippen LogP contribution in [-0.2, 0) is 8.37 Å². The molecule has 0 aromatic carbocycles. The second-order valence-corrected chi connectivity index (χ2v) is 9.61. The van der Waals surface area contributed by atoms with Gasteiger partial charge in [0.15, 0.2) is 0 Å². The largest absolute Gasteiger partial charge is 0.519 e. The maximum Gasteiger partial charge on any atom is 0.519 e. The molecule has 82 valence electrons. The molecule has 0 aliphatic rings. The van der Waals surface area contributed by atoms with E-state index < -0.39 is 12.3 Å². The van der Waals surface area contributed by atoms with Crippen molar-refractivity contribution in [1.29, 1.82) is 0 Å². The first-order valence-electron chi connectivity index (χ1n) is 2.43. The molecule has 0 rings (SSSR count). The lowest BCUT2D eigenvalue weighted by Gasteiger charge is -1.96. The quantitative estimate of drug-likeness (QED) is 0.401. The number of hydrogen-bond donors (Lipinski definition) is 2. The van der Waals surface area contributed by atoms with E-state index in [2.05, 4.69) is 8.37 Å². The summed E-state index contributed by atoms with van der Waals surface area (Å²) in [7, 11) is 4.64. The lowest BCUT2D eigenvalue weighted by atomic mass is 11.5. The molecule has 0 spiro atoms. The van der Waals surface area contributed by atoms with Crippen LogP contribution in [0.15, 0.2) is 0 Å². The van der Waals surface area contributed by atoms with Crippen molar-refractivity contribution in [2.45, 2.75) is 0 Å². The molecule has 0 amide bonds. The Labute approximate surface area is 101 Å². The molecular weight excluding hydrogens is 312 g/mol. The third kappa shape index (κ3) is 12.6. The standard InChI is InChI=1S/C2H2O6S6/c3-1(4)7-9-11-13-14-12-10-8-2(5)6/h(H,3,4)(H,5,6). The SMILES string of the molecule is O=C(O)OSSSSSSOC(=O)O. The number of rotatable bonds is 7. The highest BCUT2D eigenvalue weighted by Gasteiger charge is 2.02. The van der Waals surface area contributed by atoms with Gasteiger partial charge in [-0.2, -0.15) is 0 Å². The zero-order valence-electron chi connectivity index (χ0n) is 5.98. The van der Waals surface area contributed by atoms with Crippen LogP contribution < -0.4 is 0 Å². The van der Waals surface area contributed by atoms with Crippen molar-refractivity contribution >= 4 is 73.8 Å². The average molecular weight is 314 g/mol. The van der Waals surface area contributed by atoms with E-state index in [-0.39, 0.29) is 0 Å². The fraction of sp³-hybridized carbons (Fsp3) is 0. The number of carbonyl (C=O) groups is 2. The van der Waals surface area contributed by atoms with Gasteiger partial charge in [-0.25, -0.2) is 9.59 Å². The van der Waals surface area contributed by atoms with E-state index in [0.717, 1.165) is 19.7 Å². The predicted molar refractivity (Wildman–Crippen MR) is 63.8 cm³/mol. The topological polar surface area (TPSA) is 93.1 Å². The van der Waals surface area contributed by atoms with Crippen LogP contribution in [0.2, 0.25) is 0 Å². The van der Waals surface area contributed by atoms with Gasteiger partial charge in [-0.05, 0) is 0 Å². The summed E-state index contributed by atoms with van der Waals surface area (Å²) in [4.78, 5) is 19.7. The molecule has 2 N–H and O–H groups in total. The Morgan fingerprint density at radius 2 is 1.14 bits per heavy atom. The van der Waals surface area contributed by atoms with Gasteiger partial charge in [-0.15, -0.1) is 0 Å².